The van der Waals surface area contributed by atoms with Crippen LogP contribution in [0.2, 0.25) is 0 Å². The summed E-state index contributed by atoms with van der Waals surface area (Å²) < 4.78 is 15.7. The fraction of sp³-hybridized carbons (Fsp3) is 0.158. The van der Waals surface area contributed by atoms with Crippen molar-refractivity contribution < 1.29 is 13.9 Å². The van der Waals surface area contributed by atoms with E-state index in [9.17, 15) is 5.26 Å². The number of anilines is 1. The molecule has 0 fully saturated rings. The number of nitrogens with zero attached hydrogens (tertiary/aromatic N) is 4. The number of benzene rings is 1. The third-order valence-corrected chi connectivity index (χ3v) is 3.73. The molecule has 1 N–H and O–H groups in total. The largest absolute Gasteiger partial charge is 0.493 e. The van der Waals surface area contributed by atoms with Crippen molar-refractivity contribution in [2.45, 2.75) is 5.92 Å². The molecular formula is C19H17N5O3. The molecule has 27 heavy (non-hydrogen) atoms. The van der Waals surface area contributed by atoms with Crippen LogP contribution in [0.3, 0.4) is 0 Å². The molecule has 1 aromatic carbocycles. The molecule has 0 aliphatic heterocycles. The van der Waals surface area contributed by atoms with Gasteiger partial charge in [-0.3, -0.25) is 10.4 Å². The predicted octanol–water partition coefficient (Wildman–Crippen LogP) is 3.19. The number of hydrazone groups is 1. The van der Waals surface area contributed by atoms with Gasteiger partial charge in [0.05, 0.1) is 50.9 Å². The Morgan fingerprint density at radius 3 is 2.78 bits per heavy atom. The lowest BCUT2D eigenvalue weighted by Gasteiger charge is -2.13. The third-order valence-electron chi connectivity index (χ3n) is 3.73. The van der Waals surface area contributed by atoms with Crippen LogP contribution in [0.4, 0.5) is 5.82 Å². The van der Waals surface area contributed by atoms with Gasteiger partial charge in [0.1, 0.15) is 11.7 Å². The topological polar surface area (TPSA) is 106 Å². The zero-order chi connectivity index (χ0) is 19.1. The number of nitrogens with one attached hydrogen (secondary N) is 1. The Balaban J connectivity index is 1.82. The van der Waals surface area contributed by atoms with Gasteiger partial charge in [-0.25, -0.2) is 4.98 Å². The zero-order valence-electron chi connectivity index (χ0n) is 14.8. The highest BCUT2D eigenvalue weighted by Crippen LogP contribution is 2.32. The molecule has 3 rings (SSSR count). The second-order valence-electron chi connectivity index (χ2n) is 5.39. The number of nitriles is 1. The summed E-state index contributed by atoms with van der Waals surface area (Å²) in [6.07, 6.45) is 6.14. The maximum Gasteiger partial charge on any atom is 0.165 e. The molecule has 1 unspecified atom stereocenters. The molecule has 0 saturated heterocycles. The molecule has 136 valence electrons. The Morgan fingerprint density at radius 1 is 1.22 bits per heavy atom. The summed E-state index contributed by atoms with van der Waals surface area (Å²) in [6.45, 7) is 0. The summed E-state index contributed by atoms with van der Waals surface area (Å²) >= 11 is 0. The van der Waals surface area contributed by atoms with E-state index < -0.39 is 5.92 Å². The molecule has 0 saturated carbocycles. The molecule has 2 aromatic heterocycles. The number of hydrogen-bond donors (Lipinski definition) is 1. The number of methoxy groups -OCH3 is 2. The maximum atomic E-state index is 9.66. The van der Waals surface area contributed by atoms with Crippen LogP contribution in [-0.2, 0) is 0 Å². The quantitative estimate of drug-likeness (QED) is 0.507. The minimum absolute atomic E-state index is 0.413. The first-order valence-electron chi connectivity index (χ1n) is 8.01. The highest BCUT2D eigenvalue weighted by Gasteiger charge is 2.18. The van der Waals surface area contributed by atoms with Crippen LogP contribution in [0, 0.1) is 11.3 Å². The molecular weight excluding hydrogens is 346 g/mol. The molecule has 0 bridgehead atoms. The van der Waals surface area contributed by atoms with Gasteiger partial charge in [-0.2, -0.15) is 10.4 Å². The van der Waals surface area contributed by atoms with Crippen LogP contribution < -0.4 is 14.9 Å². The highest BCUT2D eigenvalue weighted by atomic mass is 16.5. The van der Waals surface area contributed by atoms with Crippen molar-refractivity contribution in [1.82, 2.24) is 9.97 Å². The summed E-state index contributed by atoms with van der Waals surface area (Å²) in [5.74, 6) is 1.53. The van der Waals surface area contributed by atoms with E-state index in [2.05, 4.69) is 26.6 Å². The molecule has 2 heterocycles. The smallest absolute Gasteiger partial charge is 0.165 e. The summed E-state index contributed by atoms with van der Waals surface area (Å²) in [6, 6.07) is 11.1. The zero-order valence-corrected chi connectivity index (χ0v) is 14.8. The monoisotopic (exact) mass is 363 g/mol. The summed E-state index contributed by atoms with van der Waals surface area (Å²) in [7, 11) is 3.10. The van der Waals surface area contributed by atoms with E-state index in [0.29, 0.717) is 28.8 Å². The van der Waals surface area contributed by atoms with E-state index in [4.69, 9.17) is 13.9 Å². The molecule has 0 amide bonds. The van der Waals surface area contributed by atoms with Crippen molar-refractivity contribution in [3.05, 3.63) is 66.0 Å². The van der Waals surface area contributed by atoms with E-state index in [1.165, 1.54) is 12.4 Å². The first-order valence-corrected chi connectivity index (χ1v) is 8.01. The van der Waals surface area contributed by atoms with Crippen LogP contribution in [0.25, 0.3) is 0 Å². The van der Waals surface area contributed by atoms with Gasteiger partial charge >= 0.3 is 0 Å². The molecule has 0 aliphatic rings. The average Bonchev–Trinajstić information content (AvgIpc) is 3.22. The van der Waals surface area contributed by atoms with Crippen molar-refractivity contribution in [1.29, 1.82) is 5.26 Å². The van der Waals surface area contributed by atoms with Crippen molar-refractivity contribution in [3.63, 3.8) is 0 Å². The highest BCUT2D eigenvalue weighted by molar-refractivity contribution is 5.76. The van der Waals surface area contributed by atoms with Gasteiger partial charge in [0, 0.05) is 0 Å². The number of hydrogen-bond acceptors (Lipinski definition) is 8. The Labute approximate surface area is 156 Å². The molecule has 0 spiro atoms. The first-order chi connectivity index (χ1) is 13.2. The molecule has 0 aliphatic carbocycles. The fourth-order valence-electron chi connectivity index (χ4n) is 2.44. The van der Waals surface area contributed by atoms with Crippen molar-refractivity contribution in [2.24, 2.45) is 5.10 Å². The fourth-order valence-corrected chi connectivity index (χ4v) is 2.44. The van der Waals surface area contributed by atoms with Gasteiger partial charge < -0.3 is 13.9 Å². The maximum absolute atomic E-state index is 9.66. The van der Waals surface area contributed by atoms with Gasteiger partial charge in [0.15, 0.2) is 17.3 Å². The SMILES string of the molecule is COc1ccc(C(C#N)c2cncc(N/N=C/c3ccco3)n2)cc1OC. The van der Waals surface area contributed by atoms with Gasteiger partial charge in [0.2, 0.25) is 0 Å². The molecule has 0 radical (unpaired) electrons. The number of aromatic nitrogens is 2. The summed E-state index contributed by atoms with van der Waals surface area (Å²) in [4.78, 5) is 8.57. The lowest BCUT2D eigenvalue weighted by atomic mass is 9.97. The van der Waals surface area contributed by atoms with Crippen LogP contribution in [0.1, 0.15) is 22.9 Å². The van der Waals surface area contributed by atoms with Crippen molar-refractivity contribution in [2.75, 3.05) is 19.6 Å². The standard InChI is InChI=1S/C19H17N5O3/c1-25-17-6-5-13(8-18(17)26-2)15(9-20)16-11-21-12-19(23-16)24-22-10-14-4-3-7-27-14/h3-8,10-12,15H,1-2H3,(H,23,24)/b22-10+. The van der Waals surface area contributed by atoms with Crippen LogP contribution in [0.15, 0.2) is 58.5 Å². The van der Waals surface area contributed by atoms with Gasteiger partial charge in [0.25, 0.3) is 0 Å². The average molecular weight is 363 g/mol. The number of furan rings is 1. The van der Waals surface area contributed by atoms with E-state index >= 15 is 0 Å². The summed E-state index contributed by atoms with van der Waals surface area (Å²) in [5.41, 5.74) is 3.99. The molecule has 8 heteroatoms. The molecule has 1 atom stereocenters. The van der Waals surface area contributed by atoms with E-state index in [-0.39, 0.29) is 0 Å². The second-order valence-corrected chi connectivity index (χ2v) is 5.39. The number of ether oxygens (including phenoxy) is 2. The van der Waals surface area contributed by atoms with E-state index in [1.54, 1.807) is 57.0 Å². The van der Waals surface area contributed by atoms with Crippen LogP contribution in [0.5, 0.6) is 11.5 Å². The minimum Gasteiger partial charge on any atom is -0.493 e. The predicted molar refractivity (Wildman–Crippen MR) is 99.0 cm³/mol. The normalized spacial score (nSPS) is 11.7. The second kappa shape index (κ2) is 8.49. The van der Waals surface area contributed by atoms with Crippen LogP contribution >= 0.6 is 0 Å². The Kier molecular flexibility index (Phi) is 5.64. The van der Waals surface area contributed by atoms with Gasteiger partial charge in [-0.1, -0.05) is 6.07 Å². The van der Waals surface area contributed by atoms with E-state index in [0.717, 1.165) is 5.56 Å². The third kappa shape index (κ3) is 4.22. The lowest BCUT2D eigenvalue weighted by Crippen LogP contribution is -2.05. The van der Waals surface area contributed by atoms with Crippen LogP contribution in [-0.4, -0.2) is 30.4 Å². The molecule has 8 nitrogen and oxygen atoms in total. The Bertz CT molecular complexity index is 964. The molecule has 3 aromatic rings. The van der Waals surface area contributed by atoms with E-state index in [1.807, 2.05) is 0 Å². The van der Waals surface area contributed by atoms with Crippen molar-refractivity contribution in [3.8, 4) is 17.6 Å². The lowest BCUT2D eigenvalue weighted by molar-refractivity contribution is 0.354. The first kappa shape index (κ1) is 17.9. The minimum atomic E-state index is -0.617. The summed E-state index contributed by atoms with van der Waals surface area (Å²) in [5, 5.41) is 13.7. The Hall–Kier alpha value is -3.86. The Morgan fingerprint density at radius 2 is 2.07 bits per heavy atom. The number of rotatable bonds is 7. The van der Waals surface area contributed by atoms with Gasteiger partial charge in [-0.15, -0.1) is 0 Å². The van der Waals surface area contributed by atoms with Gasteiger partial charge in [-0.05, 0) is 29.8 Å². The van der Waals surface area contributed by atoms with Crippen molar-refractivity contribution >= 4 is 12.0 Å².